The molecule has 0 aromatic carbocycles. The Labute approximate surface area is 156 Å². The Balaban J connectivity index is 1.59. The Morgan fingerprint density at radius 2 is 1.69 bits per heavy atom. The minimum Gasteiger partial charge on any atom is -0.463 e. The summed E-state index contributed by atoms with van der Waals surface area (Å²) in [4.78, 5) is 36.5. The molecule has 0 N–H and O–H groups in total. The van der Waals surface area contributed by atoms with Crippen LogP contribution in [0.3, 0.4) is 0 Å². The second-order valence-electron chi connectivity index (χ2n) is 9.93. The van der Waals surface area contributed by atoms with Crippen molar-refractivity contribution in [2.24, 2.45) is 40.4 Å². The first-order valence-electron chi connectivity index (χ1n) is 10.4. The van der Waals surface area contributed by atoms with Crippen LogP contribution >= 0.6 is 0 Å². The van der Waals surface area contributed by atoms with Gasteiger partial charge in [0, 0.05) is 18.8 Å². The van der Waals surface area contributed by atoms with Crippen molar-refractivity contribution in [1.82, 2.24) is 0 Å². The van der Waals surface area contributed by atoms with Crippen molar-refractivity contribution in [3.05, 3.63) is 0 Å². The minimum atomic E-state index is -0.666. The minimum absolute atomic E-state index is 0.0554. The summed E-state index contributed by atoms with van der Waals surface area (Å²) in [7, 11) is 1.30. The average Bonchev–Trinajstić information content (AvgIpc) is 2.98. The van der Waals surface area contributed by atoms with Crippen molar-refractivity contribution in [3.8, 4) is 0 Å². The van der Waals surface area contributed by atoms with Gasteiger partial charge in [-0.1, -0.05) is 13.8 Å². The summed E-state index contributed by atoms with van der Waals surface area (Å²) in [6.45, 7) is 4.70. The number of methoxy groups -OCH3 is 1. The van der Waals surface area contributed by atoms with Crippen LogP contribution in [0.25, 0.3) is 0 Å². The van der Waals surface area contributed by atoms with E-state index in [0.717, 1.165) is 51.4 Å². The van der Waals surface area contributed by atoms with Crippen LogP contribution in [0, 0.1) is 40.4 Å². The van der Waals surface area contributed by atoms with E-state index in [-0.39, 0.29) is 17.1 Å². The van der Waals surface area contributed by atoms with E-state index in [4.69, 9.17) is 4.74 Å². The maximum atomic E-state index is 12.6. The van der Waals surface area contributed by atoms with E-state index < -0.39 is 5.97 Å². The van der Waals surface area contributed by atoms with E-state index in [1.807, 2.05) is 0 Å². The van der Waals surface area contributed by atoms with E-state index in [1.165, 1.54) is 13.5 Å². The molecule has 4 saturated carbocycles. The Morgan fingerprint density at radius 1 is 0.962 bits per heavy atom. The summed E-state index contributed by atoms with van der Waals surface area (Å²) in [5.74, 6) is 1.74. The highest BCUT2D eigenvalue weighted by molar-refractivity contribution is 6.34. The molecule has 4 aliphatic carbocycles. The van der Waals surface area contributed by atoms with Crippen LogP contribution in [0.5, 0.6) is 0 Å². The number of Topliss-reactive ketones (excluding diaryl/α,β-unsaturated/α-hetero) is 2. The molecule has 0 heterocycles. The third kappa shape index (κ3) is 2.43. The van der Waals surface area contributed by atoms with Crippen LogP contribution in [-0.2, 0) is 19.1 Å². The van der Waals surface area contributed by atoms with E-state index in [2.05, 4.69) is 13.8 Å². The summed E-state index contributed by atoms with van der Waals surface area (Å²) < 4.78 is 4.73. The average molecular weight is 360 g/mol. The van der Waals surface area contributed by atoms with Gasteiger partial charge in [-0.3, -0.25) is 9.59 Å². The lowest BCUT2D eigenvalue weighted by molar-refractivity contribution is -0.158. The van der Waals surface area contributed by atoms with Crippen LogP contribution in [0.4, 0.5) is 0 Å². The molecule has 26 heavy (non-hydrogen) atoms. The Bertz CT molecular complexity index is 640. The number of carbonyl (C=O) groups is 3. The monoisotopic (exact) mass is 360 g/mol. The third-order valence-corrected chi connectivity index (χ3v) is 9.18. The number of hydrogen-bond donors (Lipinski definition) is 0. The summed E-state index contributed by atoms with van der Waals surface area (Å²) in [6.07, 6.45) is 9.00. The SMILES string of the molecule is COC(=O)C(=O)[C@H]1CC[C@H]2[C@@H]3CC[C@@H]4CC(=O)CC[C@]4(C)[C@H]3CC[C@]12C. The number of ether oxygens (including phenoxy) is 1. The molecule has 0 aromatic heterocycles. The van der Waals surface area contributed by atoms with Gasteiger partial charge in [-0.2, -0.15) is 0 Å². The zero-order valence-electron chi connectivity index (χ0n) is 16.4. The Hall–Kier alpha value is -1.19. The molecular formula is C22H32O4. The van der Waals surface area contributed by atoms with Crippen molar-refractivity contribution in [3.63, 3.8) is 0 Å². The van der Waals surface area contributed by atoms with Gasteiger partial charge in [-0.15, -0.1) is 0 Å². The lowest BCUT2D eigenvalue weighted by atomic mass is 9.44. The van der Waals surface area contributed by atoms with E-state index >= 15 is 0 Å². The van der Waals surface area contributed by atoms with Crippen LogP contribution in [0.2, 0.25) is 0 Å². The highest BCUT2D eigenvalue weighted by atomic mass is 16.5. The Kier molecular flexibility index (Phi) is 4.32. The topological polar surface area (TPSA) is 60.4 Å². The highest BCUT2D eigenvalue weighted by Crippen LogP contribution is 2.67. The standard InChI is InChI=1S/C22H32O4/c1-21-10-8-14(23)12-13(21)4-5-15-16-6-7-18(19(24)20(25)26-3)22(16,2)11-9-17(15)21/h13,15-18H,4-12H2,1-3H3/t13-,15+,16+,17+,18-,21+,22+/m1/s1. The fourth-order valence-corrected chi connectivity index (χ4v) is 7.72. The molecule has 0 unspecified atom stereocenters. The predicted octanol–water partition coefficient (Wildman–Crippen LogP) is 3.96. The number of carbonyl (C=O) groups excluding carboxylic acids is 3. The van der Waals surface area contributed by atoms with Gasteiger partial charge in [0.1, 0.15) is 5.78 Å². The molecule has 0 aliphatic heterocycles. The van der Waals surface area contributed by atoms with E-state index in [1.54, 1.807) is 0 Å². The number of fused-ring (bicyclic) bond motifs is 5. The van der Waals surface area contributed by atoms with Gasteiger partial charge in [0.2, 0.25) is 5.78 Å². The molecule has 4 heteroatoms. The maximum Gasteiger partial charge on any atom is 0.374 e. The second kappa shape index (κ2) is 6.17. The molecule has 0 amide bonds. The summed E-state index contributed by atoms with van der Waals surface area (Å²) in [5.41, 5.74) is 0.239. The molecule has 4 rings (SSSR count). The molecule has 4 aliphatic rings. The summed E-state index contributed by atoms with van der Waals surface area (Å²) in [6, 6.07) is 0. The number of esters is 1. The number of ketones is 2. The van der Waals surface area contributed by atoms with Crippen LogP contribution in [0.15, 0.2) is 0 Å². The molecule has 0 spiro atoms. The quantitative estimate of drug-likeness (QED) is 0.552. The lowest BCUT2D eigenvalue weighted by Crippen LogP contribution is -2.54. The lowest BCUT2D eigenvalue weighted by Gasteiger charge is -2.60. The first-order chi connectivity index (χ1) is 12.3. The van der Waals surface area contributed by atoms with Gasteiger partial charge in [0.15, 0.2) is 0 Å². The van der Waals surface area contributed by atoms with Gasteiger partial charge in [-0.25, -0.2) is 4.79 Å². The fraction of sp³-hybridized carbons (Fsp3) is 0.864. The Morgan fingerprint density at radius 3 is 2.42 bits per heavy atom. The molecule has 0 radical (unpaired) electrons. The largest absolute Gasteiger partial charge is 0.463 e. The van der Waals surface area contributed by atoms with Crippen molar-refractivity contribution >= 4 is 17.5 Å². The van der Waals surface area contributed by atoms with Gasteiger partial charge < -0.3 is 4.74 Å². The van der Waals surface area contributed by atoms with Crippen molar-refractivity contribution in [2.75, 3.05) is 7.11 Å². The first kappa shape index (κ1) is 18.2. The van der Waals surface area contributed by atoms with E-state index in [9.17, 15) is 14.4 Å². The van der Waals surface area contributed by atoms with Crippen LogP contribution < -0.4 is 0 Å². The summed E-state index contributed by atoms with van der Waals surface area (Å²) >= 11 is 0. The molecule has 4 fully saturated rings. The van der Waals surface area contributed by atoms with E-state index in [0.29, 0.717) is 34.9 Å². The molecule has 0 saturated heterocycles. The highest BCUT2D eigenvalue weighted by Gasteiger charge is 2.61. The van der Waals surface area contributed by atoms with Gasteiger partial charge in [-0.05, 0) is 79.4 Å². The molecule has 0 bridgehead atoms. The van der Waals surface area contributed by atoms with Gasteiger partial charge in [0.25, 0.3) is 0 Å². The first-order valence-corrected chi connectivity index (χ1v) is 10.4. The summed E-state index contributed by atoms with van der Waals surface area (Å²) in [5, 5.41) is 0. The molecule has 7 atom stereocenters. The molecule has 0 aromatic rings. The second-order valence-corrected chi connectivity index (χ2v) is 9.93. The third-order valence-electron chi connectivity index (χ3n) is 9.18. The normalized spacial score (nSPS) is 47.5. The zero-order valence-corrected chi connectivity index (χ0v) is 16.4. The van der Waals surface area contributed by atoms with Crippen molar-refractivity contribution < 1.29 is 19.1 Å². The van der Waals surface area contributed by atoms with Gasteiger partial charge in [0.05, 0.1) is 7.11 Å². The molecule has 144 valence electrons. The smallest absolute Gasteiger partial charge is 0.374 e. The van der Waals surface area contributed by atoms with Gasteiger partial charge >= 0.3 is 5.97 Å². The fourth-order valence-electron chi connectivity index (χ4n) is 7.72. The number of rotatable bonds is 2. The van der Waals surface area contributed by atoms with Crippen LogP contribution in [-0.4, -0.2) is 24.6 Å². The molecule has 4 nitrogen and oxygen atoms in total. The van der Waals surface area contributed by atoms with Crippen molar-refractivity contribution in [2.45, 2.75) is 71.6 Å². The number of hydrogen-bond acceptors (Lipinski definition) is 4. The molecular weight excluding hydrogens is 328 g/mol. The predicted molar refractivity (Wildman–Crippen MR) is 97.2 cm³/mol. The van der Waals surface area contributed by atoms with Crippen LogP contribution in [0.1, 0.15) is 71.6 Å². The maximum absolute atomic E-state index is 12.6. The zero-order chi connectivity index (χ0) is 18.7. The van der Waals surface area contributed by atoms with Crippen molar-refractivity contribution in [1.29, 1.82) is 0 Å².